The van der Waals surface area contributed by atoms with Crippen LogP contribution in [0.25, 0.3) is 0 Å². The van der Waals surface area contributed by atoms with Crippen LogP contribution in [0.3, 0.4) is 0 Å². The highest BCUT2D eigenvalue weighted by molar-refractivity contribution is 5.97. The Morgan fingerprint density at radius 1 is 1.27 bits per heavy atom. The summed E-state index contributed by atoms with van der Waals surface area (Å²) in [6.07, 6.45) is 3.33. The molecule has 0 aliphatic heterocycles. The van der Waals surface area contributed by atoms with Crippen molar-refractivity contribution in [3.8, 4) is 0 Å². The second-order valence-electron chi connectivity index (χ2n) is 7.73. The molecule has 4 nitrogen and oxygen atoms in total. The molecule has 1 saturated carbocycles. The maximum absolute atomic E-state index is 12.8. The minimum atomic E-state index is -1.52. The van der Waals surface area contributed by atoms with Gasteiger partial charge in [-0.05, 0) is 31.3 Å². The molecule has 0 aromatic rings. The van der Waals surface area contributed by atoms with Crippen molar-refractivity contribution in [1.29, 1.82) is 0 Å². The molecule has 0 aromatic carbocycles. The van der Waals surface area contributed by atoms with Gasteiger partial charge in [0.1, 0.15) is 11.7 Å². The van der Waals surface area contributed by atoms with Crippen molar-refractivity contribution in [3.63, 3.8) is 0 Å². The minimum absolute atomic E-state index is 0.135. The first kappa shape index (κ1) is 15.9. The van der Waals surface area contributed by atoms with Crippen LogP contribution in [0.15, 0.2) is 23.8 Å². The molecule has 22 heavy (non-hydrogen) atoms. The van der Waals surface area contributed by atoms with Gasteiger partial charge in [0.25, 0.3) is 0 Å². The highest BCUT2D eigenvalue weighted by Crippen LogP contribution is 2.56. The van der Waals surface area contributed by atoms with Gasteiger partial charge in [0.15, 0.2) is 5.78 Å². The van der Waals surface area contributed by atoms with Crippen LogP contribution in [-0.2, 0) is 4.79 Å². The van der Waals surface area contributed by atoms with Gasteiger partial charge in [-0.2, -0.15) is 0 Å². The number of carbonyl (C=O) groups is 1. The van der Waals surface area contributed by atoms with E-state index < -0.39 is 29.0 Å². The fourth-order valence-corrected chi connectivity index (χ4v) is 4.91. The summed E-state index contributed by atoms with van der Waals surface area (Å²) >= 11 is 0. The molecule has 0 amide bonds. The third-order valence-corrected chi connectivity index (χ3v) is 6.31. The fourth-order valence-electron chi connectivity index (χ4n) is 4.91. The zero-order valence-corrected chi connectivity index (χ0v) is 13.4. The molecule has 1 fully saturated rings. The first-order valence-electron chi connectivity index (χ1n) is 8.24. The average molecular weight is 306 g/mol. The van der Waals surface area contributed by atoms with Crippen molar-refractivity contribution >= 4 is 5.78 Å². The van der Waals surface area contributed by atoms with E-state index in [0.717, 1.165) is 31.3 Å². The smallest absolute Gasteiger partial charge is 0.198 e. The summed E-state index contributed by atoms with van der Waals surface area (Å²) in [6.45, 7) is 7.54. The summed E-state index contributed by atoms with van der Waals surface area (Å²) in [7, 11) is 0. The first-order chi connectivity index (χ1) is 10.3. The van der Waals surface area contributed by atoms with E-state index in [4.69, 9.17) is 0 Å². The molecule has 4 heteroatoms. The lowest BCUT2D eigenvalue weighted by molar-refractivity contribution is -0.179. The van der Waals surface area contributed by atoms with Crippen molar-refractivity contribution in [2.45, 2.75) is 63.8 Å². The SMILES string of the molecule is C=C[C@H]1CCC2=C([C@H](O)C(=O)[C@]3(O)[C@@H]2CCCC3(C)C)[C@H]1O. The molecule has 0 heterocycles. The normalized spacial score (nSPS) is 44.3. The fraction of sp³-hybridized carbons (Fsp3) is 0.722. The maximum atomic E-state index is 12.8. The lowest BCUT2D eigenvalue weighted by atomic mass is 9.51. The van der Waals surface area contributed by atoms with Crippen LogP contribution in [0, 0.1) is 17.3 Å². The lowest BCUT2D eigenvalue weighted by Crippen LogP contribution is -2.66. The highest BCUT2D eigenvalue weighted by Gasteiger charge is 2.62. The van der Waals surface area contributed by atoms with E-state index in [9.17, 15) is 20.1 Å². The Morgan fingerprint density at radius 3 is 2.59 bits per heavy atom. The molecule has 3 rings (SSSR count). The Bertz CT molecular complexity index is 547. The summed E-state index contributed by atoms with van der Waals surface area (Å²) in [5.74, 6) is -0.948. The molecule has 3 aliphatic carbocycles. The summed E-state index contributed by atoms with van der Waals surface area (Å²) < 4.78 is 0. The van der Waals surface area contributed by atoms with Crippen molar-refractivity contribution in [3.05, 3.63) is 23.8 Å². The number of aliphatic hydroxyl groups excluding tert-OH is 2. The van der Waals surface area contributed by atoms with E-state index in [1.165, 1.54) is 0 Å². The van der Waals surface area contributed by atoms with Gasteiger partial charge in [-0.15, -0.1) is 6.58 Å². The van der Waals surface area contributed by atoms with Crippen molar-refractivity contribution in [2.24, 2.45) is 17.3 Å². The molecule has 122 valence electrons. The Balaban J connectivity index is 2.15. The van der Waals surface area contributed by atoms with Gasteiger partial charge in [0.05, 0.1) is 6.10 Å². The monoisotopic (exact) mass is 306 g/mol. The highest BCUT2D eigenvalue weighted by atomic mass is 16.3. The average Bonchev–Trinajstić information content (AvgIpc) is 2.47. The predicted octanol–water partition coefficient (Wildman–Crippen LogP) is 1.74. The quantitative estimate of drug-likeness (QED) is 0.645. The standard InChI is InChI=1S/C18H26O4/c1-4-10-7-8-11-12-6-5-9-17(2,3)18(12,22)16(21)15(20)13(11)14(10)19/h4,10,12,14-15,19-20,22H,1,5-9H2,2-3H3/t10-,12+,14-,15-,18+/m0/s1. The molecular formula is C18H26O4. The molecule has 3 aliphatic rings. The minimum Gasteiger partial charge on any atom is -0.388 e. The Hall–Kier alpha value is -0.970. The Labute approximate surface area is 131 Å². The van der Waals surface area contributed by atoms with Gasteiger partial charge >= 0.3 is 0 Å². The lowest BCUT2D eigenvalue weighted by Gasteiger charge is -2.56. The molecule has 3 N–H and O–H groups in total. The van der Waals surface area contributed by atoms with Crippen LogP contribution >= 0.6 is 0 Å². The Morgan fingerprint density at radius 2 is 1.95 bits per heavy atom. The van der Waals surface area contributed by atoms with E-state index in [1.807, 2.05) is 13.8 Å². The van der Waals surface area contributed by atoms with E-state index in [1.54, 1.807) is 6.08 Å². The summed E-state index contributed by atoms with van der Waals surface area (Å²) in [4.78, 5) is 12.8. The Kier molecular flexibility index (Phi) is 3.63. The maximum Gasteiger partial charge on any atom is 0.198 e. The number of Topliss-reactive ketones (excluding diaryl/α,β-unsaturated/α-hetero) is 1. The molecule has 0 unspecified atom stereocenters. The molecule has 0 bridgehead atoms. The molecule has 0 spiro atoms. The number of rotatable bonds is 1. The van der Waals surface area contributed by atoms with Gasteiger partial charge in [0, 0.05) is 17.3 Å². The summed E-state index contributed by atoms with van der Waals surface area (Å²) in [5.41, 5.74) is -0.738. The van der Waals surface area contributed by atoms with Crippen LogP contribution in [0.4, 0.5) is 0 Å². The number of aliphatic hydroxyl groups is 3. The van der Waals surface area contributed by atoms with Crippen LogP contribution in [0.5, 0.6) is 0 Å². The van der Waals surface area contributed by atoms with Gasteiger partial charge < -0.3 is 15.3 Å². The molecule has 0 aromatic heterocycles. The predicted molar refractivity (Wildman–Crippen MR) is 83.0 cm³/mol. The third kappa shape index (κ3) is 1.84. The molecule has 0 radical (unpaired) electrons. The zero-order chi connectivity index (χ0) is 16.3. The van der Waals surface area contributed by atoms with Crippen molar-refractivity contribution in [1.82, 2.24) is 0 Å². The number of hydrogen-bond donors (Lipinski definition) is 3. The molecule has 5 atom stereocenters. The van der Waals surface area contributed by atoms with E-state index in [-0.39, 0.29) is 11.8 Å². The van der Waals surface area contributed by atoms with E-state index >= 15 is 0 Å². The largest absolute Gasteiger partial charge is 0.388 e. The summed E-state index contributed by atoms with van der Waals surface area (Å²) in [6, 6.07) is 0. The van der Waals surface area contributed by atoms with Crippen molar-refractivity contribution in [2.75, 3.05) is 0 Å². The second-order valence-corrected chi connectivity index (χ2v) is 7.73. The van der Waals surface area contributed by atoms with Crippen LogP contribution < -0.4 is 0 Å². The summed E-state index contributed by atoms with van der Waals surface area (Å²) in [5, 5.41) is 32.3. The van der Waals surface area contributed by atoms with Gasteiger partial charge in [0.2, 0.25) is 0 Å². The van der Waals surface area contributed by atoms with Gasteiger partial charge in [-0.25, -0.2) is 0 Å². The van der Waals surface area contributed by atoms with Gasteiger partial charge in [-0.1, -0.05) is 31.9 Å². The number of fused-ring (bicyclic) bond motifs is 2. The van der Waals surface area contributed by atoms with Crippen LogP contribution in [0.2, 0.25) is 0 Å². The second kappa shape index (κ2) is 5.02. The van der Waals surface area contributed by atoms with Crippen LogP contribution in [-0.4, -0.2) is 38.9 Å². The molecular weight excluding hydrogens is 280 g/mol. The zero-order valence-electron chi connectivity index (χ0n) is 13.4. The topological polar surface area (TPSA) is 77.8 Å². The van der Waals surface area contributed by atoms with Gasteiger partial charge in [-0.3, -0.25) is 4.79 Å². The number of carbonyl (C=O) groups excluding carboxylic acids is 1. The number of ketones is 1. The number of hydrogen-bond acceptors (Lipinski definition) is 4. The van der Waals surface area contributed by atoms with E-state index in [2.05, 4.69) is 6.58 Å². The third-order valence-electron chi connectivity index (χ3n) is 6.31. The molecule has 0 saturated heterocycles. The van der Waals surface area contributed by atoms with Crippen LogP contribution in [0.1, 0.15) is 46.0 Å². The van der Waals surface area contributed by atoms with E-state index in [0.29, 0.717) is 12.0 Å². The first-order valence-corrected chi connectivity index (χ1v) is 8.24. The van der Waals surface area contributed by atoms with Crippen molar-refractivity contribution < 1.29 is 20.1 Å².